The van der Waals surface area contributed by atoms with Crippen molar-refractivity contribution >= 4 is 0 Å². The molecule has 19 heavy (non-hydrogen) atoms. The first-order valence-electron chi connectivity index (χ1n) is 5.98. The number of rotatable bonds is 4. The molecule has 1 aromatic carbocycles. The highest BCUT2D eigenvalue weighted by Gasteiger charge is 2.08. The highest BCUT2D eigenvalue weighted by molar-refractivity contribution is 5.44. The Morgan fingerprint density at radius 3 is 2.95 bits per heavy atom. The van der Waals surface area contributed by atoms with Crippen LogP contribution in [-0.4, -0.2) is 9.78 Å². The summed E-state index contributed by atoms with van der Waals surface area (Å²) < 4.78 is 20.3. The zero-order chi connectivity index (χ0) is 13.8. The van der Waals surface area contributed by atoms with Crippen molar-refractivity contribution in [1.29, 1.82) is 5.26 Å². The average Bonchev–Trinajstić information content (AvgIpc) is 2.78. The maximum Gasteiger partial charge on any atom is 0.165 e. The summed E-state index contributed by atoms with van der Waals surface area (Å²) in [5, 5.41) is 13.1. The molecule has 2 aromatic rings. The standard InChI is InChI=1S/C14H14FN3O/c1-10(2)8-18-9-13(7-17-18)19-14-4-3-12(15)5-11(14)6-16/h3-5,7,9-10H,8H2,1-2H3. The predicted octanol–water partition coefficient (Wildman–Crippen LogP) is 3.34. The molecule has 4 nitrogen and oxygen atoms in total. The van der Waals surface area contributed by atoms with Crippen molar-refractivity contribution in [2.45, 2.75) is 20.4 Å². The van der Waals surface area contributed by atoms with Crippen LogP contribution in [0.5, 0.6) is 11.5 Å². The molecule has 0 fully saturated rings. The van der Waals surface area contributed by atoms with Crippen LogP contribution in [0.3, 0.4) is 0 Å². The van der Waals surface area contributed by atoms with E-state index in [-0.39, 0.29) is 5.56 Å². The third kappa shape index (κ3) is 3.32. The van der Waals surface area contributed by atoms with Crippen molar-refractivity contribution in [2.75, 3.05) is 0 Å². The Morgan fingerprint density at radius 2 is 2.26 bits per heavy atom. The topological polar surface area (TPSA) is 50.8 Å². The van der Waals surface area contributed by atoms with Gasteiger partial charge < -0.3 is 4.74 Å². The highest BCUT2D eigenvalue weighted by atomic mass is 19.1. The number of hydrogen-bond donors (Lipinski definition) is 0. The van der Waals surface area contributed by atoms with Crippen LogP contribution in [0.2, 0.25) is 0 Å². The quantitative estimate of drug-likeness (QED) is 0.846. The minimum absolute atomic E-state index is 0.164. The number of nitrogens with zero attached hydrogens (tertiary/aromatic N) is 3. The fourth-order valence-electron chi connectivity index (χ4n) is 1.68. The second-order valence-corrected chi connectivity index (χ2v) is 4.65. The van der Waals surface area contributed by atoms with Crippen molar-refractivity contribution in [3.63, 3.8) is 0 Å². The molecule has 0 spiro atoms. The van der Waals surface area contributed by atoms with Gasteiger partial charge in [0.15, 0.2) is 5.75 Å². The Labute approximate surface area is 111 Å². The molecule has 0 saturated carbocycles. The molecule has 0 radical (unpaired) electrons. The van der Waals surface area contributed by atoms with Crippen LogP contribution >= 0.6 is 0 Å². The van der Waals surface area contributed by atoms with Gasteiger partial charge in [-0.3, -0.25) is 4.68 Å². The van der Waals surface area contributed by atoms with Gasteiger partial charge in [0.05, 0.1) is 18.0 Å². The van der Waals surface area contributed by atoms with E-state index < -0.39 is 5.82 Å². The Bertz CT molecular complexity index is 613. The molecule has 2 rings (SSSR count). The molecule has 5 heteroatoms. The summed E-state index contributed by atoms with van der Waals surface area (Å²) >= 11 is 0. The lowest BCUT2D eigenvalue weighted by molar-refractivity contribution is 0.466. The van der Waals surface area contributed by atoms with Crippen LogP contribution < -0.4 is 4.74 Å². The molecule has 0 aliphatic rings. The van der Waals surface area contributed by atoms with Crippen LogP contribution in [0, 0.1) is 23.1 Å². The van der Waals surface area contributed by atoms with Gasteiger partial charge in [0, 0.05) is 6.54 Å². The van der Waals surface area contributed by atoms with E-state index in [1.54, 1.807) is 17.1 Å². The first-order valence-corrected chi connectivity index (χ1v) is 5.98. The van der Waals surface area contributed by atoms with Crippen LogP contribution in [0.4, 0.5) is 4.39 Å². The SMILES string of the molecule is CC(C)Cn1cc(Oc2ccc(F)cc2C#N)cn1. The van der Waals surface area contributed by atoms with Gasteiger partial charge in [0.1, 0.15) is 17.6 Å². The number of hydrogen-bond acceptors (Lipinski definition) is 3. The summed E-state index contributed by atoms with van der Waals surface area (Å²) in [5.74, 6) is 0.879. The zero-order valence-electron chi connectivity index (χ0n) is 10.8. The summed E-state index contributed by atoms with van der Waals surface area (Å²) in [4.78, 5) is 0. The van der Waals surface area contributed by atoms with E-state index in [9.17, 15) is 4.39 Å². The minimum atomic E-state index is -0.459. The van der Waals surface area contributed by atoms with Gasteiger partial charge in [0.25, 0.3) is 0 Å². The molecular formula is C14H14FN3O. The normalized spacial score (nSPS) is 10.5. The van der Waals surface area contributed by atoms with Crippen molar-refractivity contribution in [3.05, 3.63) is 42.0 Å². The van der Waals surface area contributed by atoms with Gasteiger partial charge in [-0.05, 0) is 24.1 Å². The van der Waals surface area contributed by atoms with Crippen LogP contribution in [0.15, 0.2) is 30.6 Å². The third-order valence-corrected chi connectivity index (χ3v) is 2.45. The highest BCUT2D eigenvalue weighted by Crippen LogP contribution is 2.25. The summed E-state index contributed by atoms with van der Waals surface area (Å²) in [6.07, 6.45) is 3.33. The van der Waals surface area contributed by atoms with Crippen LogP contribution in [0.1, 0.15) is 19.4 Å². The van der Waals surface area contributed by atoms with E-state index in [2.05, 4.69) is 18.9 Å². The van der Waals surface area contributed by atoms with E-state index in [0.29, 0.717) is 17.4 Å². The summed E-state index contributed by atoms with van der Waals surface area (Å²) in [6.45, 7) is 4.98. The Balaban J connectivity index is 2.17. The summed E-state index contributed by atoms with van der Waals surface area (Å²) in [6, 6.07) is 5.75. The van der Waals surface area contributed by atoms with E-state index in [0.717, 1.165) is 12.6 Å². The summed E-state index contributed by atoms with van der Waals surface area (Å²) in [7, 11) is 0. The number of aromatic nitrogens is 2. The molecule has 0 bridgehead atoms. The van der Waals surface area contributed by atoms with Crippen molar-refractivity contribution in [2.24, 2.45) is 5.92 Å². The number of ether oxygens (including phenoxy) is 1. The van der Waals surface area contributed by atoms with Crippen LogP contribution in [0.25, 0.3) is 0 Å². The van der Waals surface area contributed by atoms with Gasteiger partial charge in [-0.25, -0.2) is 4.39 Å². The maximum atomic E-state index is 13.0. The number of halogens is 1. The minimum Gasteiger partial charge on any atom is -0.453 e. The lowest BCUT2D eigenvalue weighted by atomic mass is 10.2. The Kier molecular flexibility index (Phi) is 3.81. The Morgan fingerprint density at radius 1 is 1.47 bits per heavy atom. The molecule has 0 saturated heterocycles. The van der Waals surface area contributed by atoms with Crippen molar-refractivity contribution in [3.8, 4) is 17.6 Å². The van der Waals surface area contributed by atoms with E-state index in [1.165, 1.54) is 12.1 Å². The molecule has 1 aromatic heterocycles. The molecule has 0 unspecified atom stereocenters. The lowest BCUT2D eigenvalue weighted by Gasteiger charge is -2.05. The molecule has 1 heterocycles. The third-order valence-electron chi connectivity index (χ3n) is 2.45. The number of nitriles is 1. The second-order valence-electron chi connectivity index (χ2n) is 4.65. The van der Waals surface area contributed by atoms with Crippen molar-refractivity contribution < 1.29 is 9.13 Å². The molecule has 98 valence electrons. The fourth-order valence-corrected chi connectivity index (χ4v) is 1.68. The van der Waals surface area contributed by atoms with Gasteiger partial charge in [-0.15, -0.1) is 0 Å². The largest absolute Gasteiger partial charge is 0.453 e. The molecule has 0 amide bonds. The number of benzene rings is 1. The second kappa shape index (κ2) is 5.53. The van der Waals surface area contributed by atoms with E-state index in [4.69, 9.17) is 10.00 Å². The maximum absolute atomic E-state index is 13.0. The van der Waals surface area contributed by atoms with Gasteiger partial charge >= 0.3 is 0 Å². The lowest BCUT2D eigenvalue weighted by Crippen LogP contribution is -2.03. The van der Waals surface area contributed by atoms with Gasteiger partial charge in [-0.1, -0.05) is 13.8 Å². The smallest absolute Gasteiger partial charge is 0.165 e. The first-order chi connectivity index (χ1) is 9.08. The fraction of sp³-hybridized carbons (Fsp3) is 0.286. The summed E-state index contributed by atoms with van der Waals surface area (Å²) in [5.41, 5.74) is 0.164. The van der Waals surface area contributed by atoms with Crippen molar-refractivity contribution in [1.82, 2.24) is 9.78 Å². The zero-order valence-corrected chi connectivity index (χ0v) is 10.8. The molecular weight excluding hydrogens is 245 g/mol. The average molecular weight is 259 g/mol. The first kappa shape index (κ1) is 13.1. The molecule has 0 N–H and O–H groups in total. The predicted molar refractivity (Wildman–Crippen MR) is 68.3 cm³/mol. The Hall–Kier alpha value is -2.35. The van der Waals surface area contributed by atoms with Gasteiger partial charge in [0.2, 0.25) is 0 Å². The van der Waals surface area contributed by atoms with Gasteiger partial charge in [-0.2, -0.15) is 10.4 Å². The van der Waals surface area contributed by atoms with E-state index in [1.807, 2.05) is 6.07 Å². The monoisotopic (exact) mass is 259 g/mol. The van der Waals surface area contributed by atoms with Crippen LogP contribution in [-0.2, 0) is 6.54 Å². The molecule has 0 aliphatic carbocycles. The molecule has 0 aliphatic heterocycles. The molecule has 0 atom stereocenters. The van der Waals surface area contributed by atoms with E-state index >= 15 is 0 Å².